The Balaban J connectivity index is 1.96. The van der Waals surface area contributed by atoms with Crippen LogP contribution in [-0.4, -0.2) is 34.1 Å². The van der Waals surface area contributed by atoms with Crippen LogP contribution >= 0.6 is 0 Å². The summed E-state index contributed by atoms with van der Waals surface area (Å²) >= 11 is 0. The second-order valence-electron chi connectivity index (χ2n) is 6.31. The number of halogens is 1. The maximum atomic E-state index is 12.9. The van der Waals surface area contributed by atoms with Crippen LogP contribution in [0.15, 0.2) is 18.3 Å². The summed E-state index contributed by atoms with van der Waals surface area (Å²) in [5.74, 6) is 0.437. The topological polar surface area (TPSA) is 36.4 Å². The van der Waals surface area contributed by atoms with Crippen molar-refractivity contribution in [2.24, 2.45) is 11.8 Å². The molecule has 1 fully saturated rings. The first-order valence-electron chi connectivity index (χ1n) is 7.51. The number of nitrogens with zero attached hydrogens (tertiary/aromatic N) is 2. The second-order valence-corrected chi connectivity index (χ2v) is 6.31. The molecule has 1 N–H and O–H groups in total. The molecule has 1 aromatic heterocycles. The minimum Gasteiger partial charge on any atom is -0.386 e. The molecule has 0 spiro atoms. The van der Waals surface area contributed by atoms with Crippen molar-refractivity contribution in [1.29, 1.82) is 0 Å². The van der Waals surface area contributed by atoms with Gasteiger partial charge in [0.05, 0.1) is 18.0 Å². The van der Waals surface area contributed by atoms with Crippen LogP contribution < -0.4 is 0 Å². The molecule has 0 saturated carbocycles. The molecule has 112 valence electrons. The molecule has 4 atom stereocenters. The first-order valence-corrected chi connectivity index (χ1v) is 7.51. The molecule has 0 radical (unpaired) electrons. The minimum atomic E-state index is -0.639. The molecule has 20 heavy (non-hydrogen) atoms. The molecule has 1 aromatic rings. The highest BCUT2D eigenvalue weighted by atomic mass is 19.1. The molecule has 4 unspecified atom stereocenters. The Morgan fingerprint density at radius 1 is 1.40 bits per heavy atom. The molecular weight excluding hydrogens is 255 g/mol. The average Bonchev–Trinajstić information content (AvgIpc) is 2.43. The van der Waals surface area contributed by atoms with E-state index in [1.54, 1.807) is 6.07 Å². The van der Waals surface area contributed by atoms with Gasteiger partial charge in [0.2, 0.25) is 0 Å². The predicted molar refractivity (Wildman–Crippen MR) is 77.8 cm³/mol. The van der Waals surface area contributed by atoms with Crippen LogP contribution in [0.2, 0.25) is 0 Å². The van der Waals surface area contributed by atoms with Gasteiger partial charge in [0, 0.05) is 25.0 Å². The third kappa shape index (κ3) is 3.76. The lowest BCUT2D eigenvalue weighted by atomic mass is 9.92. The molecule has 0 aromatic carbocycles. The van der Waals surface area contributed by atoms with Crippen molar-refractivity contribution in [3.8, 4) is 0 Å². The highest BCUT2D eigenvalue weighted by molar-refractivity contribution is 5.09. The zero-order valence-corrected chi connectivity index (χ0v) is 12.6. The van der Waals surface area contributed by atoms with E-state index in [1.807, 2.05) is 6.92 Å². The lowest BCUT2D eigenvalue weighted by molar-refractivity contribution is 0.0502. The van der Waals surface area contributed by atoms with E-state index >= 15 is 0 Å². The number of likely N-dealkylation sites (tertiary alicyclic amines) is 1. The number of aromatic nitrogens is 1. The molecule has 0 aliphatic carbocycles. The number of aliphatic hydroxyl groups is 1. The largest absolute Gasteiger partial charge is 0.386 e. The summed E-state index contributed by atoms with van der Waals surface area (Å²) in [5, 5.41) is 10.4. The molecule has 2 rings (SSSR count). The number of pyridine rings is 1. The molecule has 0 amide bonds. The predicted octanol–water partition coefficient (Wildman–Crippen LogP) is 3.01. The Bertz CT molecular complexity index is 423. The number of hydrogen-bond acceptors (Lipinski definition) is 3. The lowest BCUT2D eigenvalue weighted by Crippen LogP contribution is -2.44. The van der Waals surface area contributed by atoms with Crippen molar-refractivity contribution >= 4 is 0 Å². The summed E-state index contributed by atoms with van der Waals surface area (Å²) in [6.45, 7) is 8.51. The van der Waals surface area contributed by atoms with Gasteiger partial charge in [-0.1, -0.05) is 13.8 Å². The van der Waals surface area contributed by atoms with Crippen LogP contribution in [0.25, 0.3) is 0 Å². The standard InChI is InChI=1S/C16H25FN2O/c1-11-4-5-13(3)19(9-11)10-12(2)16(20)15-7-6-14(17)8-18-15/h6-8,11-13,16,20H,4-5,9-10H2,1-3H3. The molecule has 1 aliphatic heterocycles. The van der Waals surface area contributed by atoms with Crippen molar-refractivity contribution in [1.82, 2.24) is 9.88 Å². The smallest absolute Gasteiger partial charge is 0.141 e. The van der Waals surface area contributed by atoms with Crippen molar-refractivity contribution in [2.45, 2.75) is 45.8 Å². The molecule has 0 bridgehead atoms. The van der Waals surface area contributed by atoms with E-state index in [-0.39, 0.29) is 11.7 Å². The Kier molecular flexibility index (Phi) is 5.11. The van der Waals surface area contributed by atoms with Gasteiger partial charge in [-0.25, -0.2) is 4.39 Å². The summed E-state index contributed by atoms with van der Waals surface area (Å²) in [6, 6.07) is 3.49. The van der Waals surface area contributed by atoms with E-state index in [1.165, 1.54) is 18.9 Å². The third-order valence-electron chi connectivity index (χ3n) is 4.36. The SMILES string of the molecule is CC1CCC(C)N(CC(C)C(O)c2ccc(F)cn2)C1. The average molecular weight is 280 g/mol. The maximum absolute atomic E-state index is 12.9. The van der Waals surface area contributed by atoms with Gasteiger partial charge in [-0.05, 0) is 37.8 Å². The summed E-state index contributed by atoms with van der Waals surface area (Å²) in [5.41, 5.74) is 0.552. The summed E-state index contributed by atoms with van der Waals surface area (Å²) in [4.78, 5) is 6.43. The van der Waals surface area contributed by atoms with E-state index in [9.17, 15) is 9.50 Å². The molecule has 2 heterocycles. The lowest BCUT2D eigenvalue weighted by Gasteiger charge is -2.39. The van der Waals surface area contributed by atoms with Gasteiger partial charge in [-0.3, -0.25) is 4.98 Å². The minimum absolute atomic E-state index is 0.0840. The normalized spacial score (nSPS) is 27.2. The summed E-state index contributed by atoms with van der Waals surface area (Å²) in [6.07, 6.45) is 3.03. The zero-order chi connectivity index (χ0) is 14.7. The second kappa shape index (κ2) is 6.64. The molecular formula is C16H25FN2O. The quantitative estimate of drug-likeness (QED) is 0.921. The number of hydrogen-bond donors (Lipinski definition) is 1. The Hall–Kier alpha value is -1.00. The van der Waals surface area contributed by atoms with Gasteiger partial charge < -0.3 is 10.0 Å². The molecule has 1 saturated heterocycles. The highest BCUT2D eigenvalue weighted by Gasteiger charge is 2.27. The monoisotopic (exact) mass is 280 g/mol. The van der Waals surface area contributed by atoms with Gasteiger partial charge in [-0.15, -0.1) is 0 Å². The zero-order valence-electron chi connectivity index (χ0n) is 12.6. The first kappa shape index (κ1) is 15.4. The Morgan fingerprint density at radius 3 is 2.80 bits per heavy atom. The summed E-state index contributed by atoms with van der Waals surface area (Å²) < 4.78 is 12.9. The van der Waals surface area contributed by atoms with Gasteiger partial charge in [0.1, 0.15) is 5.82 Å². The van der Waals surface area contributed by atoms with E-state index in [2.05, 4.69) is 23.7 Å². The van der Waals surface area contributed by atoms with Gasteiger partial charge in [-0.2, -0.15) is 0 Å². The van der Waals surface area contributed by atoms with Crippen LogP contribution in [0.4, 0.5) is 4.39 Å². The fraction of sp³-hybridized carbons (Fsp3) is 0.688. The third-order valence-corrected chi connectivity index (χ3v) is 4.36. The number of rotatable bonds is 4. The molecule has 1 aliphatic rings. The molecule has 4 heteroatoms. The van der Waals surface area contributed by atoms with Crippen LogP contribution in [0.1, 0.15) is 45.4 Å². The van der Waals surface area contributed by atoms with E-state index in [0.29, 0.717) is 11.7 Å². The van der Waals surface area contributed by atoms with Crippen molar-refractivity contribution in [3.63, 3.8) is 0 Å². The van der Waals surface area contributed by atoms with Crippen molar-refractivity contribution in [3.05, 3.63) is 29.8 Å². The fourth-order valence-corrected chi connectivity index (χ4v) is 2.96. The summed E-state index contributed by atoms with van der Waals surface area (Å²) in [7, 11) is 0. The number of aliphatic hydroxyl groups excluding tert-OH is 1. The van der Waals surface area contributed by atoms with E-state index in [4.69, 9.17) is 0 Å². The van der Waals surface area contributed by atoms with Crippen LogP contribution in [-0.2, 0) is 0 Å². The van der Waals surface area contributed by atoms with E-state index in [0.717, 1.165) is 25.2 Å². The fourth-order valence-electron chi connectivity index (χ4n) is 2.96. The first-order chi connectivity index (χ1) is 9.47. The highest BCUT2D eigenvalue weighted by Crippen LogP contribution is 2.26. The van der Waals surface area contributed by atoms with Gasteiger partial charge in [0.15, 0.2) is 0 Å². The Labute approximate surface area is 120 Å². The van der Waals surface area contributed by atoms with Crippen LogP contribution in [0.5, 0.6) is 0 Å². The van der Waals surface area contributed by atoms with Gasteiger partial charge in [0.25, 0.3) is 0 Å². The van der Waals surface area contributed by atoms with E-state index < -0.39 is 6.10 Å². The van der Waals surface area contributed by atoms with Crippen molar-refractivity contribution in [2.75, 3.05) is 13.1 Å². The maximum Gasteiger partial charge on any atom is 0.141 e. The Morgan fingerprint density at radius 2 is 2.15 bits per heavy atom. The molecule has 3 nitrogen and oxygen atoms in total. The van der Waals surface area contributed by atoms with Crippen LogP contribution in [0.3, 0.4) is 0 Å². The van der Waals surface area contributed by atoms with Crippen molar-refractivity contribution < 1.29 is 9.50 Å². The van der Waals surface area contributed by atoms with Crippen LogP contribution in [0, 0.1) is 17.7 Å². The number of piperidine rings is 1. The van der Waals surface area contributed by atoms with Gasteiger partial charge >= 0.3 is 0 Å².